The predicted octanol–water partition coefficient (Wildman–Crippen LogP) is 0.361. The molecule has 1 saturated heterocycles. The summed E-state index contributed by atoms with van der Waals surface area (Å²) >= 11 is 0. The topological polar surface area (TPSA) is 55.6 Å². The van der Waals surface area contributed by atoms with Crippen LogP contribution < -0.4 is 5.73 Å². The zero-order valence-corrected chi connectivity index (χ0v) is 9.25. The largest absolute Gasteiger partial charge is 0.375 e. The number of carbonyl (C=O) groups is 1. The third-order valence-corrected chi connectivity index (χ3v) is 2.75. The first kappa shape index (κ1) is 11.5. The number of morpholine rings is 1. The van der Waals surface area contributed by atoms with Crippen molar-refractivity contribution in [2.24, 2.45) is 5.73 Å². The van der Waals surface area contributed by atoms with Crippen molar-refractivity contribution < 1.29 is 9.53 Å². The van der Waals surface area contributed by atoms with Crippen molar-refractivity contribution in [3.8, 4) is 0 Å². The minimum atomic E-state index is -0.725. The van der Waals surface area contributed by atoms with E-state index in [1.165, 1.54) is 0 Å². The summed E-state index contributed by atoms with van der Waals surface area (Å²) in [6.07, 6.45) is 0.790. The molecule has 1 aliphatic heterocycles. The molecule has 0 bridgehead atoms. The van der Waals surface area contributed by atoms with E-state index in [0.29, 0.717) is 26.1 Å². The number of nitrogens with two attached hydrogens (primary N) is 1. The van der Waals surface area contributed by atoms with Crippen molar-refractivity contribution in [1.82, 2.24) is 4.90 Å². The van der Waals surface area contributed by atoms with Gasteiger partial charge >= 0.3 is 0 Å². The molecular weight excluding hydrogens is 180 g/mol. The molecule has 0 aromatic rings. The van der Waals surface area contributed by atoms with Crippen LogP contribution in [0.4, 0.5) is 0 Å². The van der Waals surface area contributed by atoms with E-state index < -0.39 is 5.54 Å². The molecule has 0 spiro atoms. The van der Waals surface area contributed by atoms with Crippen molar-refractivity contribution in [3.05, 3.63) is 0 Å². The summed E-state index contributed by atoms with van der Waals surface area (Å²) in [6.45, 7) is 7.63. The van der Waals surface area contributed by atoms with Crippen LogP contribution in [-0.4, -0.2) is 42.1 Å². The zero-order valence-electron chi connectivity index (χ0n) is 9.25. The Hall–Kier alpha value is -0.610. The van der Waals surface area contributed by atoms with Gasteiger partial charge in [-0.05, 0) is 20.3 Å². The van der Waals surface area contributed by atoms with Crippen molar-refractivity contribution in [2.45, 2.75) is 38.8 Å². The number of hydrogen-bond donors (Lipinski definition) is 1. The number of nitrogens with zero attached hydrogens (tertiary/aromatic N) is 1. The van der Waals surface area contributed by atoms with Gasteiger partial charge in [0.1, 0.15) is 0 Å². The van der Waals surface area contributed by atoms with Crippen LogP contribution >= 0.6 is 0 Å². The fourth-order valence-electron chi connectivity index (χ4n) is 1.52. The van der Waals surface area contributed by atoms with Gasteiger partial charge in [0.05, 0.1) is 18.2 Å². The molecule has 14 heavy (non-hydrogen) atoms. The molecule has 1 rings (SSSR count). The number of hydrogen-bond acceptors (Lipinski definition) is 3. The van der Waals surface area contributed by atoms with E-state index in [1.54, 1.807) is 11.8 Å². The summed E-state index contributed by atoms with van der Waals surface area (Å²) < 4.78 is 5.37. The van der Waals surface area contributed by atoms with Crippen molar-refractivity contribution >= 4 is 5.91 Å². The van der Waals surface area contributed by atoms with Crippen LogP contribution in [0.25, 0.3) is 0 Å². The molecule has 0 aromatic heterocycles. The monoisotopic (exact) mass is 200 g/mol. The van der Waals surface area contributed by atoms with Gasteiger partial charge in [0, 0.05) is 13.1 Å². The van der Waals surface area contributed by atoms with E-state index in [1.807, 2.05) is 13.8 Å². The Morgan fingerprint density at radius 3 is 2.86 bits per heavy atom. The Morgan fingerprint density at radius 1 is 1.71 bits per heavy atom. The molecule has 4 nitrogen and oxygen atoms in total. The van der Waals surface area contributed by atoms with E-state index in [-0.39, 0.29) is 12.0 Å². The summed E-state index contributed by atoms with van der Waals surface area (Å²) in [5, 5.41) is 0. The summed E-state index contributed by atoms with van der Waals surface area (Å²) in [6, 6.07) is 0. The lowest BCUT2D eigenvalue weighted by molar-refractivity contribution is -0.143. The second kappa shape index (κ2) is 4.28. The first-order valence-corrected chi connectivity index (χ1v) is 5.17. The van der Waals surface area contributed by atoms with Gasteiger partial charge in [-0.2, -0.15) is 0 Å². The fourth-order valence-corrected chi connectivity index (χ4v) is 1.52. The highest BCUT2D eigenvalue weighted by Crippen LogP contribution is 2.13. The molecule has 2 N–H and O–H groups in total. The molecule has 0 saturated carbocycles. The third kappa shape index (κ3) is 2.45. The molecule has 1 fully saturated rings. The van der Waals surface area contributed by atoms with E-state index in [0.717, 1.165) is 0 Å². The molecule has 82 valence electrons. The van der Waals surface area contributed by atoms with Crippen LogP contribution in [-0.2, 0) is 9.53 Å². The van der Waals surface area contributed by atoms with Gasteiger partial charge in [-0.15, -0.1) is 0 Å². The first-order chi connectivity index (χ1) is 6.47. The molecule has 2 atom stereocenters. The molecule has 1 heterocycles. The van der Waals surface area contributed by atoms with Crippen LogP contribution in [0.15, 0.2) is 0 Å². The van der Waals surface area contributed by atoms with Crippen LogP contribution in [0.2, 0.25) is 0 Å². The molecule has 1 amide bonds. The summed E-state index contributed by atoms with van der Waals surface area (Å²) in [4.78, 5) is 13.7. The highest BCUT2D eigenvalue weighted by Gasteiger charge is 2.32. The van der Waals surface area contributed by atoms with Crippen LogP contribution in [0.3, 0.4) is 0 Å². The summed E-state index contributed by atoms with van der Waals surface area (Å²) in [7, 11) is 0. The predicted molar refractivity (Wildman–Crippen MR) is 54.9 cm³/mol. The molecule has 1 aliphatic rings. The van der Waals surface area contributed by atoms with E-state index >= 15 is 0 Å². The second-order valence-corrected chi connectivity index (χ2v) is 4.20. The Bertz CT molecular complexity index is 216. The molecule has 0 aromatic carbocycles. The van der Waals surface area contributed by atoms with Gasteiger partial charge in [-0.1, -0.05) is 6.92 Å². The molecule has 4 heteroatoms. The van der Waals surface area contributed by atoms with Crippen LogP contribution in [0.5, 0.6) is 0 Å². The van der Waals surface area contributed by atoms with Gasteiger partial charge in [-0.3, -0.25) is 4.79 Å². The summed E-state index contributed by atoms with van der Waals surface area (Å²) in [5.74, 6) is 0.0372. The van der Waals surface area contributed by atoms with Gasteiger partial charge < -0.3 is 15.4 Å². The van der Waals surface area contributed by atoms with E-state index in [4.69, 9.17) is 10.5 Å². The van der Waals surface area contributed by atoms with Crippen molar-refractivity contribution in [3.63, 3.8) is 0 Å². The number of ether oxygens (including phenoxy) is 1. The third-order valence-electron chi connectivity index (χ3n) is 2.75. The van der Waals surface area contributed by atoms with Crippen LogP contribution in [0, 0.1) is 0 Å². The smallest absolute Gasteiger partial charge is 0.242 e. The Kier molecular flexibility index (Phi) is 3.50. The Balaban J connectivity index is 2.60. The van der Waals surface area contributed by atoms with Crippen molar-refractivity contribution in [1.29, 1.82) is 0 Å². The maximum absolute atomic E-state index is 11.9. The molecular formula is C10H20N2O2. The quantitative estimate of drug-likeness (QED) is 0.700. The van der Waals surface area contributed by atoms with Gasteiger partial charge in [0.15, 0.2) is 0 Å². The average Bonchev–Trinajstić information content (AvgIpc) is 2.16. The normalized spacial score (nSPS) is 27.1. The standard InChI is InChI=1S/C10H20N2O2/c1-4-10(3,11)9(13)12-5-6-14-8(2)7-12/h8H,4-7,11H2,1-3H3. The maximum atomic E-state index is 11.9. The van der Waals surface area contributed by atoms with E-state index in [2.05, 4.69) is 0 Å². The molecule has 0 aliphatic carbocycles. The average molecular weight is 200 g/mol. The van der Waals surface area contributed by atoms with Gasteiger partial charge in [0.25, 0.3) is 0 Å². The Morgan fingerprint density at radius 2 is 2.36 bits per heavy atom. The summed E-state index contributed by atoms with van der Waals surface area (Å²) in [5.41, 5.74) is 5.18. The maximum Gasteiger partial charge on any atom is 0.242 e. The van der Waals surface area contributed by atoms with E-state index in [9.17, 15) is 4.79 Å². The lowest BCUT2D eigenvalue weighted by Gasteiger charge is -2.36. The van der Waals surface area contributed by atoms with Crippen molar-refractivity contribution in [2.75, 3.05) is 19.7 Å². The zero-order chi connectivity index (χ0) is 10.8. The minimum absolute atomic E-state index is 0.0372. The molecule has 2 unspecified atom stereocenters. The van der Waals surface area contributed by atoms with Crippen LogP contribution in [0.1, 0.15) is 27.2 Å². The second-order valence-electron chi connectivity index (χ2n) is 4.20. The molecule has 0 radical (unpaired) electrons. The number of carbonyl (C=O) groups excluding carboxylic acids is 1. The van der Waals surface area contributed by atoms with Gasteiger partial charge in [0.2, 0.25) is 5.91 Å². The lowest BCUT2D eigenvalue weighted by Crippen LogP contribution is -2.56. The SMILES string of the molecule is CCC(C)(N)C(=O)N1CCOC(C)C1. The minimum Gasteiger partial charge on any atom is -0.375 e. The number of amides is 1. The Labute approximate surface area is 85.4 Å². The number of rotatable bonds is 2. The highest BCUT2D eigenvalue weighted by molar-refractivity contribution is 5.85. The lowest BCUT2D eigenvalue weighted by atomic mass is 9.98. The fraction of sp³-hybridized carbons (Fsp3) is 0.900. The first-order valence-electron chi connectivity index (χ1n) is 5.17. The highest BCUT2D eigenvalue weighted by atomic mass is 16.5. The van der Waals surface area contributed by atoms with Gasteiger partial charge in [-0.25, -0.2) is 0 Å².